The van der Waals surface area contributed by atoms with E-state index in [1.165, 1.54) is 0 Å². The van der Waals surface area contributed by atoms with Crippen molar-refractivity contribution in [1.29, 1.82) is 0 Å². The van der Waals surface area contributed by atoms with Crippen molar-refractivity contribution in [3.8, 4) is 28.4 Å². The van der Waals surface area contributed by atoms with E-state index >= 15 is 0 Å². The van der Waals surface area contributed by atoms with Gasteiger partial charge in [0, 0.05) is 50.4 Å². The summed E-state index contributed by atoms with van der Waals surface area (Å²) in [6, 6.07) is 23.7. The van der Waals surface area contributed by atoms with E-state index in [4.69, 9.17) is 15.2 Å². The monoisotopic (exact) mass is 774 g/mol. The second-order valence-corrected chi connectivity index (χ2v) is 15.5. The molecule has 6 rings (SSSR count). The van der Waals surface area contributed by atoms with E-state index in [1.807, 2.05) is 94.4 Å². The lowest BCUT2D eigenvalue weighted by Crippen LogP contribution is -2.52. The number of aromatic nitrogens is 6. The average Bonchev–Trinajstić information content (AvgIpc) is 3.75. The number of carbonyl (C=O) groups is 3. The van der Waals surface area contributed by atoms with E-state index in [9.17, 15) is 14.4 Å². The molecule has 2 heterocycles. The van der Waals surface area contributed by atoms with Gasteiger partial charge in [0.25, 0.3) is 0 Å². The number of alkyl carbamates (subject to hydrolysis) is 1. The van der Waals surface area contributed by atoms with Crippen LogP contribution in [0, 0.1) is 11.8 Å². The number of rotatable bonds is 14. The van der Waals surface area contributed by atoms with Gasteiger partial charge in [-0.3, -0.25) is 14.5 Å². The molecule has 1 fully saturated rings. The molecule has 1 saturated carbocycles. The molecule has 0 aliphatic heterocycles. The van der Waals surface area contributed by atoms with Gasteiger partial charge in [-0.25, -0.2) is 9.78 Å². The van der Waals surface area contributed by atoms with Crippen molar-refractivity contribution in [2.24, 2.45) is 17.6 Å². The molecule has 4 N–H and O–H groups in total. The van der Waals surface area contributed by atoms with Gasteiger partial charge in [-0.05, 0) is 98.5 Å². The molecule has 0 unspecified atom stereocenters. The van der Waals surface area contributed by atoms with Crippen molar-refractivity contribution >= 4 is 29.5 Å². The summed E-state index contributed by atoms with van der Waals surface area (Å²) in [5.41, 5.74) is 10.1. The summed E-state index contributed by atoms with van der Waals surface area (Å²) in [6.45, 7) is 6.26. The van der Waals surface area contributed by atoms with Crippen LogP contribution < -0.4 is 25.6 Å². The summed E-state index contributed by atoms with van der Waals surface area (Å²) in [7, 11) is 3.74. The lowest BCUT2D eigenvalue weighted by atomic mass is 9.81. The highest BCUT2D eigenvalue weighted by molar-refractivity contribution is 6.01. The van der Waals surface area contributed by atoms with E-state index in [2.05, 4.69) is 35.9 Å². The van der Waals surface area contributed by atoms with Crippen LogP contribution in [-0.2, 0) is 27.4 Å². The molecule has 15 nitrogen and oxygen atoms in total. The van der Waals surface area contributed by atoms with Gasteiger partial charge in [0.15, 0.2) is 0 Å². The fourth-order valence-corrected chi connectivity index (χ4v) is 6.84. The van der Waals surface area contributed by atoms with Crippen LogP contribution >= 0.6 is 0 Å². The van der Waals surface area contributed by atoms with Crippen molar-refractivity contribution < 1.29 is 23.9 Å². The maximum atomic E-state index is 14.6. The summed E-state index contributed by atoms with van der Waals surface area (Å²) in [5.74, 6) is 0.403. The Morgan fingerprint density at radius 1 is 0.912 bits per heavy atom. The van der Waals surface area contributed by atoms with Crippen LogP contribution in [0.15, 0.2) is 85.1 Å². The molecule has 298 valence electrons. The highest BCUT2D eigenvalue weighted by Gasteiger charge is 2.36. The third-order valence-corrected chi connectivity index (χ3v) is 9.81. The number of hydrogen-bond donors (Lipinski definition) is 3. The van der Waals surface area contributed by atoms with Gasteiger partial charge in [-0.2, -0.15) is 10.2 Å². The Bertz CT molecular complexity index is 2100. The third kappa shape index (κ3) is 10.7. The molecule has 0 radical (unpaired) electrons. The number of anilines is 2. The fraction of sp³-hybridized carbons (Fsp3) is 0.381. The van der Waals surface area contributed by atoms with E-state index in [1.54, 1.807) is 35.4 Å². The zero-order valence-electron chi connectivity index (χ0n) is 33.0. The Balaban J connectivity index is 1.22. The van der Waals surface area contributed by atoms with Crippen LogP contribution in [0.1, 0.15) is 57.6 Å². The molecule has 0 bridgehead atoms. The number of primary amides is 1. The number of ether oxygens (including phenoxy) is 2. The van der Waals surface area contributed by atoms with Crippen LogP contribution in [0.4, 0.5) is 16.4 Å². The second-order valence-electron chi connectivity index (χ2n) is 15.5. The number of nitrogens with two attached hydrogens (primary N) is 1. The summed E-state index contributed by atoms with van der Waals surface area (Å²) in [5, 5.41) is 17.1. The Morgan fingerprint density at radius 2 is 1.60 bits per heavy atom. The summed E-state index contributed by atoms with van der Waals surface area (Å²) in [4.78, 5) is 52.8. The number of hydrogen-bond acceptors (Lipinski definition) is 11. The number of tetrazole rings is 1. The van der Waals surface area contributed by atoms with Crippen LogP contribution in [0.2, 0.25) is 0 Å². The number of benzene rings is 3. The molecule has 5 aromatic rings. The minimum Gasteiger partial charge on any atom is -0.472 e. The van der Waals surface area contributed by atoms with Crippen LogP contribution in [0.5, 0.6) is 5.88 Å². The van der Waals surface area contributed by atoms with E-state index in [0.29, 0.717) is 60.5 Å². The van der Waals surface area contributed by atoms with Crippen LogP contribution in [0.25, 0.3) is 22.5 Å². The van der Waals surface area contributed by atoms with E-state index < -0.39 is 23.6 Å². The minimum absolute atomic E-state index is 0.177. The quantitative estimate of drug-likeness (QED) is 0.125. The lowest BCUT2D eigenvalue weighted by Gasteiger charge is -2.36. The number of nitrogens with one attached hydrogen (secondary N) is 2. The van der Waals surface area contributed by atoms with Gasteiger partial charge in [0.05, 0.1) is 5.56 Å². The Kier molecular flexibility index (Phi) is 12.8. The van der Waals surface area contributed by atoms with Gasteiger partial charge in [0.2, 0.25) is 29.5 Å². The van der Waals surface area contributed by atoms with E-state index in [-0.39, 0.29) is 24.2 Å². The Morgan fingerprint density at radius 3 is 2.21 bits per heavy atom. The average molecular weight is 775 g/mol. The number of carbonyl (C=O) groups excluding carboxylic acids is 3. The van der Waals surface area contributed by atoms with Crippen LogP contribution in [0.3, 0.4) is 0 Å². The second kappa shape index (κ2) is 18.0. The number of aromatic amines is 1. The predicted octanol–water partition coefficient (Wildman–Crippen LogP) is 5.73. The number of nitrogens with zero attached hydrogens (tertiary/aromatic N) is 7. The lowest BCUT2D eigenvalue weighted by molar-refractivity contribution is -0.127. The largest absolute Gasteiger partial charge is 0.472 e. The first kappa shape index (κ1) is 40.3. The summed E-state index contributed by atoms with van der Waals surface area (Å²) >= 11 is 0. The van der Waals surface area contributed by atoms with Gasteiger partial charge >= 0.3 is 6.09 Å². The van der Waals surface area contributed by atoms with Crippen molar-refractivity contribution in [3.05, 3.63) is 96.2 Å². The predicted molar refractivity (Wildman–Crippen MR) is 216 cm³/mol. The maximum Gasteiger partial charge on any atom is 0.407 e. The molecule has 3 amide bonds. The van der Waals surface area contributed by atoms with Gasteiger partial charge in [0.1, 0.15) is 18.2 Å². The standard InChI is InChI=1S/C42H50N10O5/c1-42(2,3)57-41(55)45-24-28-13-17-32(18-14-28)39(54)52(33-21-19-31(20-22-33)37-47-49-50-48-37)35(36(43)53)23-27-11-15-30(16-12-27)34-25-44-40(51(4)5)46-38(34)56-26-29-9-7-6-8-10-29/h6-12,15-16,19-22,25,28,32,35H,13-14,17-18,23-24,26H2,1-5H3,(H2,43,53)(H,45,55)(H,47,48,49,50)/t28?,32?,35-/m0/s1. The van der Waals surface area contributed by atoms with Crippen molar-refractivity contribution in [2.45, 2.75) is 71.1 Å². The van der Waals surface area contributed by atoms with Gasteiger partial charge in [-0.15, -0.1) is 10.2 Å². The third-order valence-electron chi connectivity index (χ3n) is 9.81. The van der Waals surface area contributed by atoms with Gasteiger partial charge < -0.3 is 25.4 Å². The zero-order chi connectivity index (χ0) is 40.5. The molecule has 1 aliphatic carbocycles. The van der Waals surface area contributed by atoms with Crippen molar-refractivity contribution in [2.75, 3.05) is 30.4 Å². The molecular formula is C42H50N10O5. The minimum atomic E-state index is -0.988. The fourth-order valence-electron chi connectivity index (χ4n) is 6.84. The molecule has 1 atom stereocenters. The molecular weight excluding hydrogens is 725 g/mol. The SMILES string of the molecule is CN(C)c1ncc(-c2ccc(C[C@@H](C(N)=O)N(C(=O)C3CCC(CNC(=O)OC(C)(C)C)CC3)c3ccc(-c4nn[nH]n4)cc3)cc2)c(OCc2ccccc2)n1. The molecule has 3 aromatic carbocycles. The van der Waals surface area contributed by atoms with E-state index in [0.717, 1.165) is 29.5 Å². The number of H-pyrrole nitrogens is 1. The smallest absolute Gasteiger partial charge is 0.407 e. The summed E-state index contributed by atoms with van der Waals surface area (Å²) in [6.07, 6.45) is 4.12. The van der Waals surface area contributed by atoms with Crippen molar-refractivity contribution in [1.82, 2.24) is 35.9 Å². The van der Waals surface area contributed by atoms with Crippen molar-refractivity contribution in [3.63, 3.8) is 0 Å². The maximum absolute atomic E-state index is 14.6. The normalized spacial score (nSPS) is 15.9. The Labute approximate surface area is 332 Å². The molecule has 0 spiro atoms. The summed E-state index contributed by atoms with van der Waals surface area (Å²) < 4.78 is 11.6. The first-order valence-corrected chi connectivity index (χ1v) is 19.1. The topological polar surface area (TPSA) is 194 Å². The van der Waals surface area contributed by atoms with Gasteiger partial charge in [-0.1, -0.05) is 54.6 Å². The molecule has 0 saturated heterocycles. The highest BCUT2D eigenvalue weighted by Crippen LogP contribution is 2.34. The van der Waals surface area contributed by atoms with Crippen LogP contribution in [-0.4, -0.2) is 80.8 Å². The molecule has 57 heavy (non-hydrogen) atoms. The molecule has 2 aromatic heterocycles. The Hall–Kier alpha value is -6.38. The highest BCUT2D eigenvalue weighted by atomic mass is 16.6. The zero-order valence-corrected chi connectivity index (χ0v) is 33.0. The number of amides is 3. The molecule has 1 aliphatic rings. The first-order valence-electron chi connectivity index (χ1n) is 19.1. The molecule has 15 heteroatoms. The first-order chi connectivity index (χ1) is 27.3.